The van der Waals surface area contributed by atoms with Crippen molar-refractivity contribution < 1.29 is 0 Å². The number of fused-ring (bicyclic) bond motifs is 1. The molecule has 2 aliphatic rings. The van der Waals surface area contributed by atoms with Crippen molar-refractivity contribution in [1.29, 1.82) is 0 Å². The van der Waals surface area contributed by atoms with Gasteiger partial charge in [0.1, 0.15) is 0 Å². The lowest BCUT2D eigenvalue weighted by atomic mass is 9.82. The van der Waals surface area contributed by atoms with E-state index in [0.29, 0.717) is 0 Å². The van der Waals surface area contributed by atoms with Gasteiger partial charge in [0.05, 0.1) is 0 Å². The molecule has 0 amide bonds. The molecule has 2 rings (SSSR count). The average molecular weight is 139 g/mol. The van der Waals surface area contributed by atoms with Crippen LogP contribution in [0.25, 0.3) is 0 Å². The van der Waals surface area contributed by atoms with Crippen LogP contribution in [0.1, 0.15) is 25.7 Å². The summed E-state index contributed by atoms with van der Waals surface area (Å²) >= 11 is 0. The van der Waals surface area contributed by atoms with Gasteiger partial charge < -0.3 is 4.90 Å². The van der Waals surface area contributed by atoms with Crippen molar-refractivity contribution in [1.82, 2.24) is 4.90 Å². The number of hydrogen-bond donors (Lipinski definition) is 0. The third kappa shape index (κ3) is 1.07. The van der Waals surface area contributed by atoms with E-state index in [1.165, 1.54) is 38.8 Å². The van der Waals surface area contributed by atoms with E-state index in [0.717, 1.165) is 11.8 Å². The maximum atomic E-state index is 2.50. The van der Waals surface area contributed by atoms with Crippen LogP contribution in [0, 0.1) is 11.8 Å². The Balaban J connectivity index is 1.97. The molecule has 1 nitrogen and oxygen atoms in total. The highest BCUT2D eigenvalue weighted by Crippen LogP contribution is 2.34. The second-order valence-corrected chi connectivity index (χ2v) is 4.03. The van der Waals surface area contributed by atoms with Gasteiger partial charge in [-0.2, -0.15) is 0 Å². The van der Waals surface area contributed by atoms with E-state index in [-0.39, 0.29) is 0 Å². The predicted molar refractivity (Wildman–Crippen MR) is 42.9 cm³/mol. The Kier molecular flexibility index (Phi) is 1.69. The first-order valence-corrected chi connectivity index (χ1v) is 4.55. The standard InChI is InChI=1S/C9H17N/c1-10-6-8-4-2-3-5-9(8)7-10/h8-9H,2-7H2,1H3/t8-,9+. The lowest BCUT2D eigenvalue weighted by Crippen LogP contribution is -2.16. The predicted octanol–water partition coefficient (Wildman–Crippen LogP) is 1.74. The summed E-state index contributed by atoms with van der Waals surface area (Å²) < 4.78 is 0. The van der Waals surface area contributed by atoms with Crippen molar-refractivity contribution in [2.75, 3.05) is 20.1 Å². The summed E-state index contributed by atoms with van der Waals surface area (Å²) in [6.07, 6.45) is 6.01. The zero-order valence-electron chi connectivity index (χ0n) is 6.84. The SMILES string of the molecule is CN1C[C@H]2CCCC[C@H]2C1. The molecule has 1 aliphatic heterocycles. The fourth-order valence-electron chi connectivity index (χ4n) is 2.64. The van der Waals surface area contributed by atoms with E-state index >= 15 is 0 Å². The highest BCUT2D eigenvalue weighted by atomic mass is 15.1. The van der Waals surface area contributed by atoms with Crippen LogP contribution in [0.4, 0.5) is 0 Å². The normalized spacial score (nSPS) is 41.7. The Labute approximate surface area is 63.4 Å². The van der Waals surface area contributed by atoms with Gasteiger partial charge in [-0.25, -0.2) is 0 Å². The Bertz CT molecular complexity index is 108. The van der Waals surface area contributed by atoms with E-state index in [1.54, 1.807) is 0 Å². The number of rotatable bonds is 0. The molecule has 0 spiro atoms. The molecule has 2 fully saturated rings. The molecule has 0 aromatic rings. The van der Waals surface area contributed by atoms with Gasteiger partial charge in [0, 0.05) is 13.1 Å². The topological polar surface area (TPSA) is 3.24 Å². The third-order valence-electron chi connectivity index (χ3n) is 3.16. The van der Waals surface area contributed by atoms with Crippen LogP contribution in [0.3, 0.4) is 0 Å². The number of nitrogens with zero attached hydrogens (tertiary/aromatic N) is 1. The lowest BCUT2D eigenvalue weighted by Gasteiger charge is -2.23. The summed E-state index contributed by atoms with van der Waals surface area (Å²) in [6, 6.07) is 0. The molecule has 1 saturated heterocycles. The summed E-state index contributed by atoms with van der Waals surface area (Å²) in [6.45, 7) is 2.76. The molecule has 0 unspecified atom stereocenters. The van der Waals surface area contributed by atoms with Gasteiger partial charge in [0.2, 0.25) is 0 Å². The Morgan fingerprint density at radius 3 is 2.00 bits per heavy atom. The Morgan fingerprint density at radius 1 is 1.00 bits per heavy atom. The van der Waals surface area contributed by atoms with E-state index in [2.05, 4.69) is 11.9 Å². The maximum absolute atomic E-state index is 2.50. The first kappa shape index (κ1) is 6.66. The molecule has 1 heterocycles. The minimum absolute atomic E-state index is 1.07. The fraction of sp³-hybridized carbons (Fsp3) is 1.00. The maximum Gasteiger partial charge on any atom is 0.000985 e. The monoisotopic (exact) mass is 139 g/mol. The molecule has 0 aromatic carbocycles. The quantitative estimate of drug-likeness (QED) is 0.494. The summed E-state index contributed by atoms with van der Waals surface area (Å²) in [5, 5.41) is 0. The van der Waals surface area contributed by atoms with Gasteiger partial charge >= 0.3 is 0 Å². The Morgan fingerprint density at radius 2 is 1.50 bits per heavy atom. The minimum Gasteiger partial charge on any atom is -0.306 e. The third-order valence-corrected chi connectivity index (χ3v) is 3.16. The number of hydrogen-bond acceptors (Lipinski definition) is 1. The zero-order valence-corrected chi connectivity index (χ0v) is 6.84. The molecule has 0 radical (unpaired) electrons. The van der Waals surface area contributed by atoms with Crippen LogP contribution < -0.4 is 0 Å². The van der Waals surface area contributed by atoms with Gasteiger partial charge in [-0.3, -0.25) is 0 Å². The minimum atomic E-state index is 1.07. The molecule has 1 saturated carbocycles. The van der Waals surface area contributed by atoms with Crippen LogP contribution in [-0.4, -0.2) is 25.0 Å². The van der Waals surface area contributed by atoms with Crippen LogP contribution in [0.15, 0.2) is 0 Å². The van der Waals surface area contributed by atoms with Crippen molar-refractivity contribution in [3.05, 3.63) is 0 Å². The van der Waals surface area contributed by atoms with Gasteiger partial charge in [-0.05, 0) is 31.7 Å². The first-order valence-electron chi connectivity index (χ1n) is 4.55. The summed E-state index contributed by atoms with van der Waals surface area (Å²) in [4.78, 5) is 2.50. The average Bonchev–Trinajstić information content (AvgIpc) is 2.27. The van der Waals surface area contributed by atoms with Crippen molar-refractivity contribution in [3.63, 3.8) is 0 Å². The largest absolute Gasteiger partial charge is 0.306 e. The Hall–Kier alpha value is -0.0400. The molecule has 1 heteroatoms. The molecule has 2 atom stereocenters. The molecule has 0 N–H and O–H groups in total. The molecular weight excluding hydrogens is 122 g/mol. The molecule has 0 bridgehead atoms. The van der Waals surface area contributed by atoms with Crippen LogP contribution >= 0.6 is 0 Å². The summed E-state index contributed by atoms with van der Waals surface area (Å²) in [5.74, 6) is 2.14. The molecular formula is C9H17N. The van der Waals surface area contributed by atoms with E-state index in [4.69, 9.17) is 0 Å². The molecule has 1 aliphatic carbocycles. The van der Waals surface area contributed by atoms with Crippen molar-refractivity contribution >= 4 is 0 Å². The molecule has 10 heavy (non-hydrogen) atoms. The van der Waals surface area contributed by atoms with Crippen LogP contribution in [0.5, 0.6) is 0 Å². The van der Waals surface area contributed by atoms with Crippen molar-refractivity contribution in [2.24, 2.45) is 11.8 Å². The van der Waals surface area contributed by atoms with Crippen LogP contribution in [-0.2, 0) is 0 Å². The smallest absolute Gasteiger partial charge is 0.000985 e. The van der Waals surface area contributed by atoms with Crippen LogP contribution in [0.2, 0.25) is 0 Å². The second-order valence-electron chi connectivity index (χ2n) is 4.03. The van der Waals surface area contributed by atoms with Crippen molar-refractivity contribution in [2.45, 2.75) is 25.7 Å². The highest BCUT2D eigenvalue weighted by molar-refractivity contribution is 4.84. The summed E-state index contributed by atoms with van der Waals surface area (Å²) in [7, 11) is 2.26. The van der Waals surface area contributed by atoms with Gasteiger partial charge in [0.15, 0.2) is 0 Å². The zero-order chi connectivity index (χ0) is 6.97. The number of likely N-dealkylation sites (tertiary alicyclic amines) is 1. The van der Waals surface area contributed by atoms with Crippen molar-refractivity contribution in [3.8, 4) is 0 Å². The van der Waals surface area contributed by atoms with Gasteiger partial charge in [-0.15, -0.1) is 0 Å². The fourth-order valence-corrected chi connectivity index (χ4v) is 2.64. The van der Waals surface area contributed by atoms with E-state index in [1.807, 2.05) is 0 Å². The van der Waals surface area contributed by atoms with Gasteiger partial charge in [0.25, 0.3) is 0 Å². The molecule has 0 aromatic heterocycles. The first-order chi connectivity index (χ1) is 4.86. The van der Waals surface area contributed by atoms with Gasteiger partial charge in [-0.1, -0.05) is 12.8 Å². The molecule has 58 valence electrons. The van der Waals surface area contributed by atoms with E-state index in [9.17, 15) is 0 Å². The summed E-state index contributed by atoms with van der Waals surface area (Å²) in [5.41, 5.74) is 0. The second kappa shape index (κ2) is 2.54. The van der Waals surface area contributed by atoms with E-state index < -0.39 is 0 Å². The lowest BCUT2D eigenvalue weighted by molar-refractivity contribution is 0.299. The highest BCUT2D eigenvalue weighted by Gasteiger charge is 2.31.